The molecule has 0 saturated carbocycles. The predicted molar refractivity (Wildman–Crippen MR) is 112 cm³/mol. The van der Waals surface area contributed by atoms with Gasteiger partial charge in [0.1, 0.15) is 12.7 Å². The van der Waals surface area contributed by atoms with Crippen LogP contribution in [0.4, 0.5) is 0 Å². The minimum absolute atomic E-state index is 0.0548. The lowest BCUT2D eigenvalue weighted by molar-refractivity contribution is -0.143. The van der Waals surface area contributed by atoms with Crippen molar-refractivity contribution in [1.82, 2.24) is 5.32 Å². The van der Waals surface area contributed by atoms with Gasteiger partial charge in [-0.15, -0.1) is 0 Å². The van der Waals surface area contributed by atoms with Crippen molar-refractivity contribution in [3.8, 4) is 6.07 Å². The molecule has 1 heterocycles. The zero-order valence-electron chi connectivity index (χ0n) is 17.7. The lowest BCUT2D eigenvalue weighted by Crippen LogP contribution is -2.33. The van der Waals surface area contributed by atoms with E-state index in [1.807, 2.05) is 6.07 Å². The Morgan fingerprint density at radius 2 is 1.80 bits per heavy atom. The van der Waals surface area contributed by atoms with E-state index in [0.717, 1.165) is 0 Å². The molecule has 30 heavy (non-hydrogen) atoms. The molecule has 0 saturated heterocycles. The van der Waals surface area contributed by atoms with Crippen molar-refractivity contribution < 1.29 is 23.8 Å². The molecule has 0 aliphatic carbocycles. The summed E-state index contributed by atoms with van der Waals surface area (Å²) in [5.74, 6) is -2.04. The third-order valence-corrected chi connectivity index (χ3v) is 4.95. The number of halogens is 1. The van der Waals surface area contributed by atoms with Crippen molar-refractivity contribution in [1.29, 1.82) is 5.26 Å². The van der Waals surface area contributed by atoms with Crippen LogP contribution < -0.4 is 5.32 Å². The SMILES string of the molecule is COCCOC(=O)C1=C(C)NC(C)=C(C(=O)OC(C)C)[C@@H]1c1cccc(C#N)c1Cl. The second-order valence-electron chi connectivity index (χ2n) is 7.04. The van der Waals surface area contributed by atoms with Crippen molar-refractivity contribution >= 4 is 23.5 Å². The Bertz CT molecular complexity index is 943. The lowest BCUT2D eigenvalue weighted by atomic mass is 9.80. The number of methoxy groups -OCH3 is 1. The summed E-state index contributed by atoms with van der Waals surface area (Å²) in [7, 11) is 1.50. The second kappa shape index (κ2) is 10.3. The summed E-state index contributed by atoms with van der Waals surface area (Å²) in [5, 5.41) is 12.6. The summed E-state index contributed by atoms with van der Waals surface area (Å²) < 4.78 is 15.7. The molecular weight excluding hydrogens is 408 g/mol. The molecule has 1 atom stereocenters. The third kappa shape index (κ3) is 5.02. The van der Waals surface area contributed by atoms with E-state index >= 15 is 0 Å². The standard InChI is InChI=1S/C22H25ClN2O5/c1-12(2)30-22(27)18-14(4)25-13(3)17(21(26)29-10-9-28-5)19(18)16-8-6-7-15(11-24)20(16)23/h6-8,12,19,25H,9-10H2,1-5H3/t19-/m1/s1. The largest absolute Gasteiger partial charge is 0.460 e. The number of esters is 2. The highest BCUT2D eigenvalue weighted by Crippen LogP contribution is 2.42. The van der Waals surface area contributed by atoms with Gasteiger partial charge in [-0.25, -0.2) is 9.59 Å². The first-order valence-corrected chi connectivity index (χ1v) is 9.84. The fraction of sp³-hybridized carbons (Fsp3) is 0.409. The quantitative estimate of drug-likeness (QED) is 0.519. The maximum Gasteiger partial charge on any atom is 0.337 e. The molecule has 8 heteroatoms. The van der Waals surface area contributed by atoms with Gasteiger partial charge < -0.3 is 19.5 Å². The molecule has 1 aromatic rings. The van der Waals surface area contributed by atoms with E-state index in [1.165, 1.54) is 7.11 Å². The van der Waals surface area contributed by atoms with E-state index in [9.17, 15) is 14.9 Å². The minimum atomic E-state index is -0.853. The maximum atomic E-state index is 13.0. The van der Waals surface area contributed by atoms with Crippen molar-refractivity contribution in [3.63, 3.8) is 0 Å². The number of hydrogen-bond donors (Lipinski definition) is 1. The Kier molecular flexibility index (Phi) is 8.04. The number of hydrogen-bond acceptors (Lipinski definition) is 7. The van der Waals surface area contributed by atoms with Crippen molar-refractivity contribution in [3.05, 3.63) is 56.9 Å². The van der Waals surface area contributed by atoms with Crippen LogP contribution in [0.25, 0.3) is 0 Å². The average Bonchev–Trinajstić information content (AvgIpc) is 2.67. The zero-order chi connectivity index (χ0) is 22.4. The number of ether oxygens (including phenoxy) is 3. The van der Waals surface area contributed by atoms with Gasteiger partial charge in [-0.05, 0) is 39.3 Å². The molecule has 1 aliphatic heterocycles. The van der Waals surface area contributed by atoms with Crippen LogP contribution >= 0.6 is 11.6 Å². The van der Waals surface area contributed by atoms with Crippen LogP contribution in [0.2, 0.25) is 5.02 Å². The van der Waals surface area contributed by atoms with Gasteiger partial charge in [-0.2, -0.15) is 5.26 Å². The topological polar surface area (TPSA) is 97.7 Å². The summed E-state index contributed by atoms with van der Waals surface area (Å²) in [6.45, 7) is 7.21. The molecule has 0 spiro atoms. The number of carbonyl (C=O) groups is 2. The number of nitrogens with one attached hydrogen (secondary N) is 1. The van der Waals surface area contributed by atoms with Gasteiger partial charge in [0, 0.05) is 18.5 Å². The first-order chi connectivity index (χ1) is 14.2. The summed E-state index contributed by atoms with van der Waals surface area (Å²) in [6, 6.07) is 6.95. The highest BCUT2D eigenvalue weighted by molar-refractivity contribution is 6.32. The van der Waals surface area contributed by atoms with Crippen molar-refractivity contribution in [2.45, 2.75) is 39.7 Å². The molecule has 1 N–H and O–H groups in total. The monoisotopic (exact) mass is 432 g/mol. The predicted octanol–water partition coefficient (Wildman–Crippen LogP) is 3.59. The number of nitrogens with zero attached hydrogens (tertiary/aromatic N) is 1. The summed E-state index contributed by atoms with van der Waals surface area (Å²) in [5.41, 5.74) is 2.22. The Morgan fingerprint density at radius 1 is 1.17 bits per heavy atom. The van der Waals surface area contributed by atoms with Gasteiger partial charge in [0.15, 0.2) is 0 Å². The molecule has 0 unspecified atom stereocenters. The van der Waals surface area contributed by atoms with E-state index < -0.39 is 17.9 Å². The molecule has 0 amide bonds. The van der Waals surface area contributed by atoms with Crippen LogP contribution in [0, 0.1) is 11.3 Å². The average molecular weight is 433 g/mol. The fourth-order valence-electron chi connectivity index (χ4n) is 3.28. The van der Waals surface area contributed by atoms with E-state index in [1.54, 1.807) is 45.9 Å². The van der Waals surface area contributed by atoms with Gasteiger partial charge in [-0.3, -0.25) is 0 Å². The Hall–Kier alpha value is -2.82. The first-order valence-electron chi connectivity index (χ1n) is 9.47. The van der Waals surface area contributed by atoms with Crippen LogP contribution in [0.3, 0.4) is 0 Å². The number of allylic oxidation sites excluding steroid dienone is 2. The molecule has 7 nitrogen and oxygen atoms in total. The van der Waals surface area contributed by atoms with E-state index in [0.29, 0.717) is 17.0 Å². The zero-order valence-corrected chi connectivity index (χ0v) is 18.4. The molecule has 0 bridgehead atoms. The molecule has 0 aromatic heterocycles. The van der Waals surface area contributed by atoms with E-state index in [4.69, 9.17) is 25.8 Å². The molecule has 2 rings (SSSR count). The number of rotatable bonds is 7. The maximum absolute atomic E-state index is 13.0. The Labute approximate surface area is 181 Å². The minimum Gasteiger partial charge on any atom is -0.460 e. The van der Waals surface area contributed by atoms with Gasteiger partial charge >= 0.3 is 11.9 Å². The third-order valence-electron chi connectivity index (χ3n) is 4.52. The van der Waals surface area contributed by atoms with Gasteiger partial charge in [-0.1, -0.05) is 23.7 Å². The molecule has 0 fully saturated rings. The Balaban J connectivity index is 2.66. The van der Waals surface area contributed by atoms with Crippen molar-refractivity contribution in [2.24, 2.45) is 0 Å². The molecule has 160 valence electrons. The molecule has 1 aliphatic rings. The molecular formula is C22H25ClN2O5. The van der Waals surface area contributed by atoms with E-state index in [2.05, 4.69) is 5.32 Å². The molecule has 0 radical (unpaired) electrons. The van der Waals surface area contributed by atoms with Crippen molar-refractivity contribution in [2.75, 3.05) is 20.3 Å². The number of nitriles is 1. The lowest BCUT2D eigenvalue weighted by Gasteiger charge is -2.31. The van der Waals surface area contributed by atoms with Crippen LogP contribution in [-0.4, -0.2) is 38.4 Å². The van der Waals surface area contributed by atoms with Crippen LogP contribution in [0.5, 0.6) is 0 Å². The molecule has 1 aromatic carbocycles. The summed E-state index contributed by atoms with van der Waals surface area (Å²) in [4.78, 5) is 26.0. The normalized spacial score (nSPS) is 16.3. The number of dihydropyridines is 1. The summed E-state index contributed by atoms with van der Waals surface area (Å²) >= 11 is 6.50. The smallest absolute Gasteiger partial charge is 0.337 e. The van der Waals surface area contributed by atoms with Crippen LogP contribution in [-0.2, 0) is 23.8 Å². The first kappa shape index (κ1) is 23.5. The second-order valence-corrected chi connectivity index (χ2v) is 7.42. The highest BCUT2D eigenvalue weighted by Gasteiger charge is 2.39. The summed E-state index contributed by atoms with van der Waals surface area (Å²) in [6.07, 6.45) is -0.358. The van der Waals surface area contributed by atoms with Crippen LogP contribution in [0.15, 0.2) is 40.7 Å². The Morgan fingerprint density at radius 3 is 2.37 bits per heavy atom. The van der Waals surface area contributed by atoms with Crippen LogP contribution in [0.1, 0.15) is 44.7 Å². The number of carbonyl (C=O) groups excluding carboxylic acids is 2. The number of benzene rings is 1. The highest BCUT2D eigenvalue weighted by atomic mass is 35.5. The van der Waals surface area contributed by atoms with Gasteiger partial charge in [0.05, 0.1) is 40.4 Å². The van der Waals surface area contributed by atoms with Gasteiger partial charge in [0.2, 0.25) is 0 Å². The fourth-order valence-corrected chi connectivity index (χ4v) is 3.56. The van der Waals surface area contributed by atoms with E-state index in [-0.39, 0.29) is 41.1 Å². The van der Waals surface area contributed by atoms with Gasteiger partial charge in [0.25, 0.3) is 0 Å².